The van der Waals surface area contributed by atoms with E-state index < -0.39 is 17.3 Å². The van der Waals surface area contributed by atoms with E-state index in [1.165, 1.54) is 38.0 Å². The number of carbonyl (C=O) groups excluding carboxylic acids is 2. The van der Waals surface area contributed by atoms with Crippen molar-refractivity contribution >= 4 is 23.4 Å². The average Bonchev–Trinajstić information content (AvgIpc) is 3.61. The molecule has 0 spiro atoms. The van der Waals surface area contributed by atoms with Gasteiger partial charge in [0.25, 0.3) is 5.91 Å². The zero-order valence-electron chi connectivity index (χ0n) is 17.6. The second-order valence-corrected chi connectivity index (χ2v) is 7.93. The van der Waals surface area contributed by atoms with Crippen LogP contribution in [-0.4, -0.2) is 34.4 Å². The van der Waals surface area contributed by atoms with E-state index >= 15 is 0 Å². The van der Waals surface area contributed by atoms with E-state index in [9.17, 15) is 14.0 Å². The Bertz CT molecular complexity index is 1190. The Morgan fingerprint density at radius 1 is 1.12 bits per heavy atom. The predicted octanol–water partition coefficient (Wildman–Crippen LogP) is 3.65. The molecule has 2 aromatic carbocycles. The quantitative estimate of drug-likeness (QED) is 0.521. The normalized spacial score (nSPS) is 13.7. The van der Waals surface area contributed by atoms with Gasteiger partial charge in [0, 0.05) is 35.6 Å². The lowest BCUT2D eigenvalue weighted by Crippen LogP contribution is -2.48. The number of carbonyl (C=O) groups is 2. The minimum Gasteiger partial charge on any atom is -0.496 e. The Morgan fingerprint density at radius 3 is 2.55 bits per heavy atom. The molecule has 8 nitrogen and oxygen atoms in total. The van der Waals surface area contributed by atoms with Gasteiger partial charge in [0.2, 0.25) is 5.91 Å². The summed E-state index contributed by atoms with van der Waals surface area (Å²) >= 11 is 5.77. The molecular weight excluding hydrogens is 451 g/mol. The van der Waals surface area contributed by atoms with Gasteiger partial charge in [0.15, 0.2) is 11.6 Å². The summed E-state index contributed by atoms with van der Waals surface area (Å²) in [5, 5.41) is 5.87. The SMILES string of the molecule is COc1cc(Oc2ccc(Cl)cc2F)ccc1CNC(=O)C1(NC(=O)c2cncnc2)CC1. The van der Waals surface area contributed by atoms with E-state index in [1.54, 1.807) is 18.2 Å². The number of halogens is 2. The number of hydrogen-bond acceptors (Lipinski definition) is 6. The summed E-state index contributed by atoms with van der Waals surface area (Å²) in [5.74, 6) is -0.443. The number of amides is 2. The van der Waals surface area contributed by atoms with Gasteiger partial charge < -0.3 is 20.1 Å². The highest BCUT2D eigenvalue weighted by Gasteiger charge is 2.51. The first-order chi connectivity index (χ1) is 15.9. The van der Waals surface area contributed by atoms with Crippen LogP contribution in [0, 0.1) is 5.82 Å². The van der Waals surface area contributed by atoms with Crippen molar-refractivity contribution in [2.75, 3.05) is 7.11 Å². The molecule has 0 saturated heterocycles. The molecule has 0 unspecified atom stereocenters. The number of nitrogens with zero attached hydrogens (tertiary/aromatic N) is 2. The number of benzene rings is 2. The van der Waals surface area contributed by atoms with Crippen molar-refractivity contribution in [1.29, 1.82) is 0 Å². The zero-order chi connectivity index (χ0) is 23.4. The van der Waals surface area contributed by atoms with Gasteiger partial charge >= 0.3 is 0 Å². The summed E-state index contributed by atoms with van der Waals surface area (Å²) in [7, 11) is 1.48. The number of ether oxygens (including phenoxy) is 2. The van der Waals surface area contributed by atoms with Crippen molar-refractivity contribution in [1.82, 2.24) is 20.6 Å². The first-order valence-corrected chi connectivity index (χ1v) is 10.4. The minimum atomic E-state index is -0.949. The lowest BCUT2D eigenvalue weighted by Gasteiger charge is -2.18. The minimum absolute atomic E-state index is 0.0257. The van der Waals surface area contributed by atoms with Crippen LogP contribution in [0.2, 0.25) is 5.02 Å². The molecule has 1 aliphatic rings. The molecule has 4 rings (SSSR count). The van der Waals surface area contributed by atoms with Gasteiger partial charge in [-0.3, -0.25) is 9.59 Å². The number of rotatable bonds is 8. The van der Waals surface area contributed by atoms with Crippen LogP contribution in [0.15, 0.2) is 55.1 Å². The summed E-state index contributed by atoms with van der Waals surface area (Å²) in [5.41, 5.74) is 0.0225. The topological polar surface area (TPSA) is 102 Å². The van der Waals surface area contributed by atoms with Gasteiger partial charge in [-0.25, -0.2) is 14.4 Å². The molecule has 10 heteroatoms. The number of hydrogen-bond donors (Lipinski definition) is 2. The highest BCUT2D eigenvalue weighted by Crippen LogP contribution is 2.36. The first kappa shape index (κ1) is 22.5. The highest BCUT2D eigenvalue weighted by atomic mass is 35.5. The summed E-state index contributed by atoms with van der Waals surface area (Å²) in [6.45, 7) is 0.170. The van der Waals surface area contributed by atoms with Crippen LogP contribution in [-0.2, 0) is 11.3 Å². The fourth-order valence-corrected chi connectivity index (χ4v) is 3.36. The lowest BCUT2D eigenvalue weighted by atomic mass is 10.1. The van der Waals surface area contributed by atoms with Gasteiger partial charge in [-0.1, -0.05) is 11.6 Å². The molecule has 1 saturated carbocycles. The molecule has 2 amide bonds. The summed E-state index contributed by atoms with van der Waals surface area (Å²) in [6, 6.07) is 9.07. The third-order valence-corrected chi connectivity index (χ3v) is 5.41. The highest BCUT2D eigenvalue weighted by molar-refractivity contribution is 6.30. The van der Waals surface area contributed by atoms with Crippen molar-refractivity contribution in [3.05, 3.63) is 77.1 Å². The van der Waals surface area contributed by atoms with Crippen molar-refractivity contribution in [2.24, 2.45) is 0 Å². The zero-order valence-corrected chi connectivity index (χ0v) is 18.4. The number of aromatic nitrogens is 2. The van der Waals surface area contributed by atoms with E-state index in [2.05, 4.69) is 20.6 Å². The molecule has 3 aromatic rings. The van der Waals surface area contributed by atoms with Gasteiger partial charge in [-0.15, -0.1) is 0 Å². The number of nitrogens with one attached hydrogen (secondary N) is 2. The van der Waals surface area contributed by atoms with Crippen molar-refractivity contribution in [3.63, 3.8) is 0 Å². The van der Waals surface area contributed by atoms with Crippen LogP contribution in [0.25, 0.3) is 0 Å². The van der Waals surface area contributed by atoms with Gasteiger partial charge in [-0.05, 0) is 43.2 Å². The van der Waals surface area contributed by atoms with Crippen LogP contribution in [0.1, 0.15) is 28.8 Å². The van der Waals surface area contributed by atoms with Crippen LogP contribution in [0.4, 0.5) is 4.39 Å². The molecule has 1 heterocycles. The smallest absolute Gasteiger partial charge is 0.255 e. The third-order valence-electron chi connectivity index (χ3n) is 5.18. The van der Waals surface area contributed by atoms with Crippen LogP contribution < -0.4 is 20.1 Å². The van der Waals surface area contributed by atoms with Crippen molar-refractivity contribution in [3.8, 4) is 17.2 Å². The summed E-state index contributed by atoms with van der Waals surface area (Å²) in [4.78, 5) is 32.8. The Morgan fingerprint density at radius 2 is 1.88 bits per heavy atom. The Balaban J connectivity index is 1.39. The summed E-state index contributed by atoms with van der Waals surface area (Å²) in [6.07, 6.45) is 5.18. The molecule has 0 aliphatic heterocycles. The molecule has 0 radical (unpaired) electrons. The largest absolute Gasteiger partial charge is 0.496 e. The molecule has 0 atom stereocenters. The Hall–Kier alpha value is -3.72. The summed E-state index contributed by atoms with van der Waals surface area (Å²) < 4.78 is 25.0. The second-order valence-electron chi connectivity index (χ2n) is 7.50. The molecule has 0 bridgehead atoms. The molecule has 1 aromatic heterocycles. The Kier molecular flexibility index (Phi) is 6.41. The average molecular weight is 471 g/mol. The lowest BCUT2D eigenvalue weighted by molar-refractivity contribution is -0.124. The Labute approximate surface area is 194 Å². The molecule has 33 heavy (non-hydrogen) atoms. The van der Waals surface area contributed by atoms with Gasteiger partial charge in [-0.2, -0.15) is 0 Å². The van der Waals surface area contributed by atoms with Crippen LogP contribution in [0.5, 0.6) is 17.2 Å². The van der Waals surface area contributed by atoms with E-state index in [4.69, 9.17) is 21.1 Å². The van der Waals surface area contributed by atoms with Gasteiger partial charge in [0.1, 0.15) is 23.4 Å². The monoisotopic (exact) mass is 470 g/mol. The van der Waals surface area contributed by atoms with Crippen LogP contribution >= 0.6 is 11.6 Å². The van der Waals surface area contributed by atoms with E-state index in [0.717, 1.165) is 6.07 Å². The standard InChI is InChI=1S/C23H20ClFN4O4/c1-32-20-9-17(33-19-5-3-16(24)8-18(19)25)4-2-14(20)12-28-22(31)23(6-7-23)29-21(30)15-10-26-13-27-11-15/h2-5,8-11,13H,6-7,12H2,1H3,(H,28,31)(H,29,30). The van der Waals surface area contributed by atoms with Crippen LogP contribution in [0.3, 0.4) is 0 Å². The second kappa shape index (κ2) is 9.41. The maximum atomic E-state index is 14.0. The number of methoxy groups -OCH3 is 1. The molecule has 1 fully saturated rings. The first-order valence-electron chi connectivity index (χ1n) is 10.1. The molecule has 2 N–H and O–H groups in total. The molecule has 1 aliphatic carbocycles. The fourth-order valence-electron chi connectivity index (χ4n) is 3.20. The van der Waals surface area contributed by atoms with Crippen molar-refractivity contribution < 1.29 is 23.5 Å². The third kappa shape index (κ3) is 5.20. The van der Waals surface area contributed by atoms with Crippen molar-refractivity contribution in [2.45, 2.75) is 24.9 Å². The maximum Gasteiger partial charge on any atom is 0.255 e. The fraction of sp³-hybridized carbons (Fsp3) is 0.217. The maximum absolute atomic E-state index is 14.0. The van der Waals surface area contributed by atoms with E-state index in [1.807, 2.05) is 0 Å². The predicted molar refractivity (Wildman–Crippen MR) is 118 cm³/mol. The van der Waals surface area contributed by atoms with Gasteiger partial charge in [0.05, 0.1) is 12.7 Å². The molecule has 170 valence electrons. The molecular formula is C23H20ClFN4O4. The van der Waals surface area contributed by atoms with E-state index in [-0.39, 0.29) is 28.8 Å². The van der Waals surface area contributed by atoms with E-state index in [0.29, 0.717) is 29.9 Å².